The first-order chi connectivity index (χ1) is 6.29. The fourth-order valence-electron chi connectivity index (χ4n) is 1.48. The molecular weight excluding hydrogens is 158 g/mol. The van der Waals surface area contributed by atoms with Crippen molar-refractivity contribution in [2.24, 2.45) is 5.92 Å². The normalized spacial score (nSPS) is 15.9. The van der Waals surface area contributed by atoms with Crippen LogP contribution in [0.4, 0.5) is 0 Å². The summed E-state index contributed by atoms with van der Waals surface area (Å²) in [5, 5.41) is 0. The minimum atomic E-state index is 0.850. The van der Waals surface area contributed by atoms with E-state index in [9.17, 15) is 0 Å². The van der Waals surface area contributed by atoms with E-state index in [2.05, 4.69) is 18.7 Å². The van der Waals surface area contributed by atoms with Crippen molar-refractivity contribution in [3.63, 3.8) is 0 Å². The molecule has 0 radical (unpaired) electrons. The highest BCUT2D eigenvalue weighted by molar-refractivity contribution is 4.66. The molecule has 1 aliphatic heterocycles. The molecule has 0 unspecified atom stereocenters. The van der Waals surface area contributed by atoms with Gasteiger partial charge in [0.1, 0.15) is 0 Å². The van der Waals surface area contributed by atoms with Gasteiger partial charge in [-0.2, -0.15) is 0 Å². The molecule has 0 saturated carbocycles. The predicted octanol–water partition coefficient (Wildman–Crippen LogP) is 3.79. The van der Waals surface area contributed by atoms with Gasteiger partial charge in [-0.3, -0.25) is 0 Å². The maximum Gasteiger partial charge on any atom is 0.000438 e. The summed E-state index contributed by atoms with van der Waals surface area (Å²) < 4.78 is 0. The lowest BCUT2D eigenvalue weighted by Crippen LogP contribution is -2.23. The van der Waals surface area contributed by atoms with Crippen LogP contribution in [0.15, 0.2) is 0 Å². The van der Waals surface area contributed by atoms with Crippen LogP contribution in [-0.2, 0) is 0 Å². The van der Waals surface area contributed by atoms with Gasteiger partial charge in [-0.1, -0.05) is 41.5 Å². The fraction of sp³-hybridized carbons (Fsp3) is 1.00. The molecule has 1 heterocycles. The summed E-state index contributed by atoms with van der Waals surface area (Å²) in [5.74, 6) is 0.850. The molecule has 1 fully saturated rings. The second-order valence-electron chi connectivity index (χ2n) is 3.40. The van der Waals surface area contributed by atoms with Gasteiger partial charge in [0.15, 0.2) is 0 Å². The van der Waals surface area contributed by atoms with Gasteiger partial charge < -0.3 is 4.90 Å². The highest BCUT2D eigenvalue weighted by Crippen LogP contribution is 2.09. The first kappa shape index (κ1) is 15.4. The Morgan fingerprint density at radius 1 is 0.923 bits per heavy atom. The topological polar surface area (TPSA) is 3.24 Å². The molecule has 0 bridgehead atoms. The number of nitrogens with zero attached hydrogens (tertiary/aromatic N) is 1. The zero-order valence-corrected chi connectivity index (χ0v) is 10.6. The molecule has 1 heteroatoms. The maximum atomic E-state index is 2.56. The third kappa shape index (κ3) is 9.88. The van der Waals surface area contributed by atoms with Crippen LogP contribution in [0.1, 0.15) is 54.4 Å². The van der Waals surface area contributed by atoms with Crippen molar-refractivity contribution in [3.05, 3.63) is 0 Å². The van der Waals surface area contributed by atoms with E-state index >= 15 is 0 Å². The van der Waals surface area contributed by atoms with Crippen LogP contribution >= 0.6 is 0 Å². The van der Waals surface area contributed by atoms with E-state index in [1.165, 1.54) is 32.5 Å². The van der Waals surface area contributed by atoms with Gasteiger partial charge in [0.2, 0.25) is 0 Å². The van der Waals surface area contributed by atoms with E-state index in [1.807, 2.05) is 27.7 Å². The Kier molecular flexibility index (Phi) is 14.2. The second kappa shape index (κ2) is 12.0. The van der Waals surface area contributed by atoms with Crippen LogP contribution in [-0.4, -0.2) is 24.5 Å². The maximum absolute atomic E-state index is 2.56. The molecule has 0 atom stereocenters. The molecule has 1 rings (SSSR count). The molecule has 82 valence electrons. The lowest BCUT2D eigenvalue weighted by atomic mass is 10.2. The van der Waals surface area contributed by atoms with Gasteiger partial charge in [0, 0.05) is 6.54 Å². The summed E-state index contributed by atoms with van der Waals surface area (Å²) in [6.45, 7) is 16.6. The largest absolute Gasteiger partial charge is 0.303 e. The Morgan fingerprint density at radius 2 is 1.31 bits per heavy atom. The molecule has 0 aliphatic carbocycles. The van der Waals surface area contributed by atoms with Crippen molar-refractivity contribution in [2.45, 2.75) is 54.4 Å². The van der Waals surface area contributed by atoms with Crippen molar-refractivity contribution in [1.29, 1.82) is 0 Å². The zero-order chi connectivity index (χ0) is 10.7. The lowest BCUT2D eigenvalue weighted by Gasteiger charge is -2.16. The average Bonchev–Trinajstić information content (AvgIpc) is 2.63. The Morgan fingerprint density at radius 3 is 1.62 bits per heavy atom. The first-order valence-electron chi connectivity index (χ1n) is 6.01. The summed E-state index contributed by atoms with van der Waals surface area (Å²) in [5.41, 5.74) is 0. The molecule has 1 nitrogen and oxygen atoms in total. The van der Waals surface area contributed by atoms with Crippen LogP contribution in [0.3, 0.4) is 0 Å². The van der Waals surface area contributed by atoms with E-state index in [-0.39, 0.29) is 0 Å². The number of likely N-dealkylation sites (tertiary alicyclic amines) is 1. The van der Waals surface area contributed by atoms with Crippen LogP contribution in [0.2, 0.25) is 0 Å². The van der Waals surface area contributed by atoms with Crippen molar-refractivity contribution >= 4 is 0 Å². The van der Waals surface area contributed by atoms with Gasteiger partial charge >= 0.3 is 0 Å². The first-order valence-corrected chi connectivity index (χ1v) is 6.01. The van der Waals surface area contributed by atoms with E-state index in [1.54, 1.807) is 0 Å². The minimum absolute atomic E-state index is 0.850. The molecule has 13 heavy (non-hydrogen) atoms. The smallest absolute Gasteiger partial charge is 0.000438 e. The van der Waals surface area contributed by atoms with Gasteiger partial charge in [-0.15, -0.1) is 0 Å². The molecule has 0 N–H and O–H groups in total. The van der Waals surface area contributed by atoms with E-state index in [0.717, 1.165) is 5.92 Å². The molecule has 0 spiro atoms. The lowest BCUT2D eigenvalue weighted by molar-refractivity contribution is 0.298. The van der Waals surface area contributed by atoms with Crippen LogP contribution in [0.25, 0.3) is 0 Å². The predicted molar refractivity (Wildman–Crippen MR) is 63.2 cm³/mol. The summed E-state index contributed by atoms with van der Waals surface area (Å²) in [6.07, 6.45) is 2.85. The highest BCUT2D eigenvalue weighted by Gasteiger charge is 2.11. The third-order valence-electron chi connectivity index (χ3n) is 1.82. The van der Waals surface area contributed by atoms with Crippen molar-refractivity contribution < 1.29 is 0 Å². The van der Waals surface area contributed by atoms with Gasteiger partial charge in [-0.05, 0) is 31.8 Å². The molecule has 0 aromatic rings. The Balaban J connectivity index is 0. The molecule has 1 aliphatic rings. The zero-order valence-electron chi connectivity index (χ0n) is 10.6. The summed E-state index contributed by atoms with van der Waals surface area (Å²) >= 11 is 0. The van der Waals surface area contributed by atoms with Crippen molar-refractivity contribution in [3.8, 4) is 0 Å². The van der Waals surface area contributed by atoms with Crippen LogP contribution in [0, 0.1) is 5.92 Å². The molecule has 1 saturated heterocycles. The second-order valence-corrected chi connectivity index (χ2v) is 3.40. The van der Waals surface area contributed by atoms with Gasteiger partial charge in [0.05, 0.1) is 0 Å². The monoisotopic (exact) mass is 187 g/mol. The quantitative estimate of drug-likeness (QED) is 0.636. The van der Waals surface area contributed by atoms with Gasteiger partial charge in [0.25, 0.3) is 0 Å². The van der Waals surface area contributed by atoms with Gasteiger partial charge in [-0.25, -0.2) is 0 Å². The molecule has 0 aromatic carbocycles. The number of rotatable bonds is 2. The Hall–Kier alpha value is -0.0400. The average molecular weight is 187 g/mol. The molecule has 0 amide bonds. The van der Waals surface area contributed by atoms with E-state index < -0.39 is 0 Å². The van der Waals surface area contributed by atoms with Crippen molar-refractivity contribution in [1.82, 2.24) is 4.90 Å². The Labute approximate surface area is 85.5 Å². The van der Waals surface area contributed by atoms with Crippen LogP contribution in [0.5, 0.6) is 0 Å². The third-order valence-corrected chi connectivity index (χ3v) is 1.82. The number of hydrogen-bond acceptors (Lipinski definition) is 1. The fourth-order valence-corrected chi connectivity index (χ4v) is 1.48. The number of hydrogen-bond donors (Lipinski definition) is 0. The van der Waals surface area contributed by atoms with Crippen LogP contribution < -0.4 is 0 Å². The molecular formula is C12H29N. The Bertz CT molecular complexity index is 73.2. The molecule has 0 aromatic heterocycles. The summed E-state index contributed by atoms with van der Waals surface area (Å²) in [7, 11) is 0. The van der Waals surface area contributed by atoms with Crippen molar-refractivity contribution in [2.75, 3.05) is 19.6 Å². The standard InChI is InChI=1S/C8H17N.2C2H6/c1-8(2)7-9-5-3-4-6-9;2*1-2/h8H,3-7H2,1-2H3;2*1-2H3. The SMILES string of the molecule is CC.CC.CC(C)CN1CCCC1. The van der Waals surface area contributed by atoms with E-state index in [0.29, 0.717) is 0 Å². The minimum Gasteiger partial charge on any atom is -0.303 e. The summed E-state index contributed by atoms with van der Waals surface area (Å²) in [4.78, 5) is 2.56. The summed E-state index contributed by atoms with van der Waals surface area (Å²) in [6, 6.07) is 0. The highest BCUT2D eigenvalue weighted by atomic mass is 15.1. The van der Waals surface area contributed by atoms with E-state index in [4.69, 9.17) is 0 Å².